The Bertz CT molecular complexity index is 511. The van der Waals surface area contributed by atoms with E-state index in [1.54, 1.807) is 0 Å². The number of hydrogen-bond donors (Lipinski definition) is 3. The third kappa shape index (κ3) is 3.68. The maximum atomic E-state index is 13.5. The minimum absolute atomic E-state index is 0.0646. The third-order valence-electron chi connectivity index (χ3n) is 3.82. The molecule has 2 rings (SSSR count). The van der Waals surface area contributed by atoms with Crippen molar-refractivity contribution in [3.63, 3.8) is 0 Å². The van der Waals surface area contributed by atoms with Gasteiger partial charge in [0, 0.05) is 24.2 Å². The van der Waals surface area contributed by atoms with E-state index in [2.05, 4.69) is 10.2 Å². The minimum atomic E-state index is -0.897. The maximum absolute atomic E-state index is 13.5. The zero-order chi connectivity index (χ0) is 15.6. The molecule has 1 unspecified atom stereocenters. The van der Waals surface area contributed by atoms with Crippen LogP contribution >= 0.6 is 0 Å². The van der Waals surface area contributed by atoms with E-state index < -0.39 is 23.2 Å². The Morgan fingerprint density at radius 1 is 1.43 bits per heavy atom. The lowest BCUT2D eigenvalue weighted by Crippen LogP contribution is -2.41. The first-order valence-corrected chi connectivity index (χ1v) is 6.89. The van der Waals surface area contributed by atoms with Gasteiger partial charge in [-0.25, -0.2) is 8.78 Å². The van der Waals surface area contributed by atoms with Crippen LogP contribution in [0.2, 0.25) is 0 Å². The van der Waals surface area contributed by atoms with Crippen LogP contribution in [0.5, 0.6) is 0 Å². The van der Waals surface area contributed by atoms with E-state index in [1.165, 1.54) is 12.8 Å². The molecule has 1 aliphatic rings. The molecular formula is C14H20F2N4O. The van der Waals surface area contributed by atoms with Crippen molar-refractivity contribution in [1.29, 1.82) is 0 Å². The Morgan fingerprint density at radius 3 is 2.48 bits per heavy atom. The summed E-state index contributed by atoms with van der Waals surface area (Å²) in [6.07, 6.45) is 2.36. The second-order valence-corrected chi connectivity index (χ2v) is 5.41. The molecule has 0 spiro atoms. The van der Waals surface area contributed by atoms with Crippen LogP contribution in [-0.2, 0) is 0 Å². The predicted octanol–water partition coefficient (Wildman–Crippen LogP) is 1.46. The van der Waals surface area contributed by atoms with Gasteiger partial charge in [0.2, 0.25) is 0 Å². The van der Waals surface area contributed by atoms with Crippen molar-refractivity contribution in [3.8, 4) is 0 Å². The lowest BCUT2D eigenvalue weighted by molar-refractivity contribution is 0.0938. The number of nitrogens with two attached hydrogens (primary N) is 1. The summed E-state index contributed by atoms with van der Waals surface area (Å²) in [6, 6.07) is 2.67. The van der Waals surface area contributed by atoms with Crippen LogP contribution < -0.4 is 16.6 Å². The van der Waals surface area contributed by atoms with Crippen LogP contribution in [0.4, 0.5) is 14.5 Å². The Morgan fingerprint density at radius 2 is 2.00 bits per heavy atom. The Hall–Kier alpha value is -1.73. The molecule has 1 aromatic carbocycles. The van der Waals surface area contributed by atoms with E-state index >= 15 is 0 Å². The Labute approximate surface area is 122 Å². The van der Waals surface area contributed by atoms with E-state index in [0.717, 1.165) is 12.1 Å². The summed E-state index contributed by atoms with van der Waals surface area (Å²) >= 11 is 0. The number of nitrogens with zero attached hydrogens (tertiary/aromatic N) is 1. The zero-order valence-corrected chi connectivity index (χ0v) is 12.1. The fraction of sp³-hybridized carbons (Fsp3) is 0.500. The van der Waals surface area contributed by atoms with Crippen LogP contribution in [0.1, 0.15) is 30.1 Å². The van der Waals surface area contributed by atoms with Crippen molar-refractivity contribution < 1.29 is 13.6 Å². The van der Waals surface area contributed by atoms with Crippen molar-refractivity contribution >= 4 is 11.6 Å². The van der Waals surface area contributed by atoms with Gasteiger partial charge in [0.05, 0.1) is 0 Å². The average molecular weight is 298 g/mol. The second-order valence-electron chi connectivity index (χ2n) is 5.41. The first kappa shape index (κ1) is 15.7. The lowest BCUT2D eigenvalue weighted by atomic mass is 10.1. The number of benzene rings is 1. The van der Waals surface area contributed by atoms with Gasteiger partial charge >= 0.3 is 0 Å². The predicted molar refractivity (Wildman–Crippen MR) is 76.7 cm³/mol. The highest BCUT2D eigenvalue weighted by molar-refractivity contribution is 5.94. The fourth-order valence-corrected chi connectivity index (χ4v) is 2.17. The van der Waals surface area contributed by atoms with Crippen LogP contribution in [0.3, 0.4) is 0 Å². The molecule has 0 aromatic heterocycles. The summed E-state index contributed by atoms with van der Waals surface area (Å²) in [6.45, 7) is 2.42. The largest absolute Gasteiger partial charge is 0.350 e. The van der Waals surface area contributed by atoms with Gasteiger partial charge in [-0.2, -0.15) is 0 Å². The summed E-state index contributed by atoms with van der Waals surface area (Å²) < 4.78 is 27.1. The highest BCUT2D eigenvalue weighted by Gasteiger charge is 2.29. The summed E-state index contributed by atoms with van der Waals surface area (Å²) in [5, 5.41) is 2.69. The topological polar surface area (TPSA) is 70.4 Å². The molecule has 5 nitrogen and oxygen atoms in total. The molecule has 0 radical (unpaired) electrons. The Kier molecular flexibility index (Phi) is 4.74. The van der Waals surface area contributed by atoms with Crippen molar-refractivity contribution in [3.05, 3.63) is 29.3 Å². The van der Waals surface area contributed by atoms with Gasteiger partial charge in [0.25, 0.3) is 5.91 Å². The zero-order valence-electron chi connectivity index (χ0n) is 12.1. The standard InChI is InChI=1S/C14H20F2N4O/c1-8(20(2)10-3-4-10)7-18-14(21)9-5-11(15)13(19-17)12(16)6-9/h5-6,8,10,19H,3-4,7,17H2,1-2H3,(H,18,21). The molecule has 1 aliphatic carbocycles. The number of hydrazine groups is 1. The number of rotatable bonds is 6. The first-order chi connectivity index (χ1) is 9.93. The van der Waals surface area contributed by atoms with Crippen LogP contribution in [-0.4, -0.2) is 36.5 Å². The molecule has 1 aromatic rings. The number of nitrogen functional groups attached to an aromatic ring is 1. The van der Waals surface area contributed by atoms with E-state index in [9.17, 15) is 13.6 Å². The monoisotopic (exact) mass is 298 g/mol. The molecule has 4 N–H and O–H groups in total. The molecule has 1 fully saturated rings. The SMILES string of the molecule is CC(CNC(=O)c1cc(F)c(NN)c(F)c1)N(C)C1CC1. The number of amides is 1. The molecule has 1 saturated carbocycles. The van der Waals surface area contributed by atoms with Crippen LogP contribution in [0, 0.1) is 11.6 Å². The number of hydrogen-bond acceptors (Lipinski definition) is 4. The molecule has 0 bridgehead atoms. The molecule has 1 amide bonds. The second kappa shape index (κ2) is 6.36. The molecule has 0 aliphatic heterocycles. The molecular weight excluding hydrogens is 278 g/mol. The number of halogens is 2. The fourth-order valence-electron chi connectivity index (χ4n) is 2.17. The van der Waals surface area contributed by atoms with Gasteiger partial charge in [0.1, 0.15) is 5.69 Å². The van der Waals surface area contributed by atoms with E-state index in [0.29, 0.717) is 12.6 Å². The maximum Gasteiger partial charge on any atom is 0.251 e. The smallest absolute Gasteiger partial charge is 0.251 e. The van der Waals surface area contributed by atoms with Crippen LogP contribution in [0.15, 0.2) is 12.1 Å². The minimum Gasteiger partial charge on any atom is -0.350 e. The molecule has 116 valence electrons. The van der Waals surface area contributed by atoms with Crippen molar-refractivity contribution in [1.82, 2.24) is 10.2 Å². The molecule has 21 heavy (non-hydrogen) atoms. The average Bonchev–Trinajstić information content (AvgIpc) is 3.27. The van der Waals surface area contributed by atoms with Gasteiger partial charge in [-0.1, -0.05) is 0 Å². The normalized spacial score (nSPS) is 15.9. The van der Waals surface area contributed by atoms with Gasteiger partial charge in [0.15, 0.2) is 11.6 Å². The first-order valence-electron chi connectivity index (χ1n) is 6.89. The number of carbonyl (C=O) groups is 1. The number of anilines is 1. The summed E-state index contributed by atoms with van der Waals surface area (Å²) in [4.78, 5) is 14.1. The highest BCUT2D eigenvalue weighted by Crippen LogP contribution is 2.26. The highest BCUT2D eigenvalue weighted by atomic mass is 19.1. The molecule has 7 heteroatoms. The molecule has 0 saturated heterocycles. The number of carbonyl (C=O) groups excluding carboxylic acids is 1. The molecule has 0 heterocycles. The van der Waals surface area contributed by atoms with Gasteiger partial charge < -0.3 is 10.7 Å². The van der Waals surface area contributed by atoms with Gasteiger partial charge in [-0.3, -0.25) is 15.5 Å². The van der Waals surface area contributed by atoms with Crippen molar-refractivity contribution in [2.24, 2.45) is 5.84 Å². The van der Waals surface area contributed by atoms with Crippen molar-refractivity contribution in [2.45, 2.75) is 31.8 Å². The van der Waals surface area contributed by atoms with Crippen LogP contribution in [0.25, 0.3) is 0 Å². The summed E-state index contributed by atoms with van der Waals surface area (Å²) in [5.74, 6) is 2.71. The van der Waals surface area contributed by atoms with E-state index in [1.807, 2.05) is 19.4 Å². The lowest BCUT2D eigenvalue weighted by Gasteiger charge is -2.24. The van der Waals surface area contributed by atoms with E-state index in [-0.39, 0.29) is 11.6 Å². The van der Waals surface area contributed by atoms with E-state index in [4.69, 9.17) is 5.84 Å². The van der Waals surface area contributed by atoms with Crippen molar-refractivity contribution in [2.75, 3.05) is 19.0 Å². The molecule has 1 atom stereocenters. The summed E-state index contributed by atoms with van der Waals surface area (Å²) in [7, 11) is 2.01. The number of nitrogens with one attached hydrogen (secondary N) is 2. The van der Waals surface area contributed by atoms with Gasteiger partial charge in [-0.05, 0) is 38.9 Å². The summed E-state index contributed by atoms with van der Waals surface area (Å²) in [5.41, 5.74) is 1.41. The quantitative estimate of drug-likeness (QED) is 0.549. The third-order valence-corrected chi connectivity index (χ3v) is 3.82. The Balaban J connectivity index is 1.97. The van der Waals surface area contributed by atoms with Gasteiger partial charge in [-0.15, -0.1) is 0 Å². The number of likely N-dealkylation sites (N-methyl/N-ethyl adjacent to an activating group) is 1.